The van der Waals surface area contributed by atoms with E-state index in [1.165, 1.54) is 11.8 Å². The number of hydrogen-bond acceptors (Lipinski definition) is 7. The average molecular weight is 463 g/mol. The van der Waals surface area contributed by atoms with Crippen LogP contribution in [0.25, 0.3) is 11.4 Å². The molecule has 1 N–H and O–H groups in total. The van der Waals surface area contributed by atoms with Gasteiger partial charge in [-0.2, -0.15) is 0 Å². The van der Waals surface area contributed by atoms with E-state index in [-0.39, 0.29) is 17.6 Å². The summed E-state index contributed by atoms with van der Waals surface area (Å²) >= 11 is 1.33. The zero-order chi connectivity index (χ0) is 22.9. The van der Waals surface area contributed by atoms with Crippen LogP contribution in [-0.4, -0.2) is 75.0 Å². The fourth-order valence-electron chi connectivity index (χ4n) is 3.59. The number of thioether (sulfide) groups is 1. The van der Waals surface area contributed by atoms with Crippen LogP contribution in [0.5, 0.6) is 0 Å². The van der Waals surface area contributed by atoms with E-state index in [2.05, 4.69) is 25.2 Å². The largest absolute Gasteiger partial charge is 0.341 e. The van der Waals surface area contributed by atoms with Gasteiger partial charge in [0.2, 0.25) is 11.8 Å². The van der Waals surface area contributed by atoms with Crippen LogP contribution >= 0.6 is 11.8 Å². The smallest absolute Gasteiger partial charge is 0.238 e. The second-order valence-corrected chi connectivity index (χ2v) is 8.60. The first-order valence-electron chi connectivity index (χ1n) is 10.9. The van der Waals surface area contributed by atoms with Crippen LogP contribution in [0.3, 0.4) is 0 Å². The molecule has 2 aromatic heterocycles. The maximum atomic E-state index is 12.8. The SMILES string of the molecule is O=C(CN1CCCN(C(=O)CSc2nccc(-c3ccccn3)n2)CC1)Nc1ccccc1. The van der Waals surface area contributed by atoms with Crippen LogP contribution < -0.4 is 5.32 Å². The highest BCUT2D eigenvalue weighted by Gasteiger charge is 2.21. The van der Waals surface area contributed by atoms with E-state index >= 15 is 0 Å². The molecule has 3 heterocycles. The van der Waals surface area contributed by atoms with Gasteiger partial charge in [-0.05, 0) is 36.8 Å². The highest BCUT2D eigenvalue weighted by molar-refractivity contribution is 7.99. The minimum atomic E-state index is -0.0403. The average Bonchev–Trinajstić information content (AvgIpc) is 3.09. The van der Waals surface area contributed by atoms with Gasteiger partial charge in [-0.25, -0.2) is 9.97 Å². The number of pyridine rings is 1. The highest BCUT2D eigenvalue weighted by atomic mass is 32.2. The number of para-hydroxylation sites is 1. The Labute approximate surface area is 197 Å². The first kappa shape index (κ1) is 22.9. The fourth-order valence-corrected chi connectivity index (χ4v) is 4.32. The summed E-state index contributed by atoms with van der Waals surface area (Å²) in [5.41, 5.74) is 2.30. The summed E-state index contributed by atoms with van der Waals surface area (Å²) in [7, 11) is 0. The van der Waals surface area contributed by atoms with Gasteiger partial charge in [0.25, 0.3) is 0 Å². The molecule has 9 heteroatoms. The Morgan fingerprint density at radius 3 is 2.55 bits per heavy atom. The molecule has 170 valence electrons. The van der Waals surface area contributed by atoms with Gasteiger partial charge in [0, 0.05) is 44.3 Å². The van der Waals surface area contributed by atoms with Crippen molar-refractivity contribution in [2.45, 2.75) is 11.6 Å². The Morgan fingerprint density at radius 1 is 0.879 bits per heavy atom. The van der Waals surface area contributed by atoms with Crippen molar-refractivity contribution in [3.05, 3.63) is 67.0 Å². The first-order chi connectivity index (χ1) is 16.2. The number of carbonyl (C=O) groups excluding carboxylic acids is 2. The van der Waals surface area contributed by atoms with Gasteiger partial charge in [-0.3, -0.25) is 19.5 Å². The number of amides is 2. The molecule has 1 fully saturated rings. The molecule has 8 nitrogen and oxygen atoms in total. The Hall–Kier alpha value is -3.30. The number of aromatic nitrogens is 3. The Balaban J connectivity index is 1.25. The van der Waals surface area contributed by atoms with Crippen molar-refractivity contribution in [2.24, 2.45) is 0 Å². The molecular formula is C24H26N6O2S. The monoisotopic (exact) mass is 462 g/mol. The first-order valence-corrected chi connectivity index (χ1v) is 11.9. The maximum absolute atomic E-state index is 12.8. The Kier molecular flexibility index (Phi) is 7.99. The summed E-state index contributed by atoms with van der Waals surface area (Å²) < 4.78 is 0. The molecule has 3 aromatic rings. The number of nitrogens with zero attached hydrogens (tertiary/aromatic N) is 5. The third kappa shape index (κ3) is 6.84. The van der Waals surface area contributed by atoms with Gasteiger partial charge in [-0.15, -0.1) is 0 Å². The van der Waals surface area contributed by atoms with Gasteiger partial charge in [-0.1, -0.05) is 36.0 Å². The van der Waals surface area contributed by atoms with Crippen LogP contribution in [0, 0.1) is 0 Å². The summed E-state index contributed by atoms with van der Waals surface area (Å²) in [6, 6.07) is 16.9. The molecule has 33 heavy (non-hydrogen) atoms. The van der Waals surface area contributed by atoms with Crippen molar-refractivity contribution in [3.63, 3.8) is 0 Å². The van der Waals surface area contributed by atoms with Crippen LogP contribution in [0.15, 0.2) is 72.1 Å². The van der Waals surface area contributed by atoms with Crippen LogP contribution in [0.1, 0.15) is 6.42 Å². The van der Waals surface area contributed by atoms with Crippen molar-refractivity contribution in [3.8, 4) is 11.4 Å². The number of carbonyl (C=O) groups is 2. The molecule has 0 saturated carbocycles. The minimum absolute atomic E-state index is 0.0403. The zero-order valence-corrected chi connectivity index (χ0v) is 19.1. The number of rotatable bonds is 7. The number of nitrogens with one attached hydrogen (secondary N) is 1. The van der Waals surface area contributed by atoms with Crippen molar-refractivity contribution in [1.82, 2.24) is 24.8 Å². The van der Waals surface area contributed by atoms with Gasteiger partial charge in [0.15, 0.2) is 5.16 Å². The maximum Gasteiger partial charge on any atom is 0.238 e. The molecule has 0 spiro atoms. The predicted molar refractivity (Wildman–Crippen MR) is 129 cm³/mol. The standard InChI is InChI=1S/C24H26N6O2S/c31-22(27-19-7-2-1-3-8-19)17-29-13-6-14-30(16-15-29)23(32)18-33-24-26-12-10-21(28-24)20-9-4-5-11-25-20/h1-5,7-12H,6,13-18H2,(H,27,31). The Morgan fingerprint density at radius 2 is 1.73 bits per heavy atom. The van der Waals surface area contributed by atoms with Crippen molar-refractivity contribution >= 4 is 29.3 Å². The lowest BCUT2D eigenvalue weighted by Crippen LogP contribution is -2.38. The number of anilines is 1. The van der Waals surface area contributed by atoms with E-state index in [9.17, 15) is 9.59 Å². The van der Waals surface area contributed by atoms with E-state index < -0.39 is 0 Å². The molecule has 4 rings (SSSR count). The fraction of sp³-hybridized carbons (Fsp3) is 0.292. The van der Waals surface area contributed by atoms with Crippen LogP contribution in [-0.2, 0) is 9.59 Å². The molecule has 0 unspecified atom stereocenters. The zero-order valence-electron chi connectivity index (χ0n) is 18.3. The minimum Gasteiger partial charge on any atom is -0.341 e. The molecule has 0 atom stereocenters. The lowest BCUT2D eigenvalue weighted by atomic mass is 10.3. The Bertz CT molecular complexity index is 1070. The molecule has 0 radical (unpaired) electrons. The third-order valence-corrected chi connectivity index (χ3v) is 6.10. The second kappa shape index (κ2) is 11.5. The molecule has 0 aliphatic carbocycles. The molecule has 1 saturated heterocycles. The van der Waals surface area contributed by atoms with E-state index in [4.69, 9.17) is 0 Å². The molecule has 2 amide bonds. The topological polar surface area (TPSA) is 91.3 Å². The number of benzene rings is 1. The molecule has 1 aliphatic rings. The summed E-state index contributed by atoms with van der Waals surface area (Å²) in [4.78, 5) is 42.2. The van der Waals surface area contributed by atoms with E-state index in [0.717, 1.165) is 30.0 Å². The van der Waals surface area contributed by atoms with Gasteiger partial charge in [0.1, 0.15) is 0 Å². The lowest BCUT2D eigenvalue weighted by Gasteiger charge is -2.21. The van der Waals surface area contributed by atoms with E-state index in [0.29, 0.717) is 31.3 Å². The number of hydrogen-bond donors (Lipinski definition) is 1. The third-order valence-electron chi connectivity index (χ3n) is 5.25. The predicted octanol–water partition coefficient (Wildman–Crippen LogP) is 2.80. The van der Waals surface area contributed by atoms with Gasteiger partial charge in [0.05, 0.1) is 23.7 Å². The van der Waals surface area contributed by atoms with Crippen LogP contribution in [0.4, 0.5) is 5.69 Å². The molecule has 1 aliphatic heterocycles. The van der Waals surface area contributed by atoms with Gasteiger partial charge < -0.3 is 10.2 Å². The van der Waals surface area contributed by atoms with Gasteiger partial charge >= 0.3 is 0 Å². The summed E-state index contributed by atoms with van der Waals surface area (Å²) in [5, 5.41) is 3.47. The van der Waals surface area contributed by atoms with Crippen molar-refractivity contribution in [2.75, 3.05) is 43.8 Å². The quantitative estimate of drug-likeness (QED) is 0.426. The van der Waals surface area contributed by atoms with Crippen molar-refractivity contribution in [1.29, 1.82) is 0 Å². The molecular weight excluding hydrogens is 436 g/mol. The normalized spacial score (nSPS) is 14.5. The lowest BCUT2D eigenvalue weighted by molar-refractivity contribution is -0.128. The highest BCUT2D eigenvalue weighted by Crippen LogP contribution is 2.19. The summed E-state index contributed by atoms with van der Waals surface area (Å²) in [5.74, 6) is 0.295. The summed E-state index contributed by atoms with van der Waals surface area (Å²) in [6.07, 6.45) is 4.25. The molecule has 1 aromatic carbocycles. The van der Waals surface area contributed by atoms with Crippen LogP contribution in [0.2, 0.25) is 0 Å². The molecule has 0 bridgehead atoms. The summed E-state index contributed by atoms with van der Waals surface area (Å²) in [6.45, 7) is 3.07. The van der Waals surface area contributed by atoms with Crippen molar-refractivity contribution < 1.29 is 9.59 Å². The second-order valence-electron chi connectivity index (χ2n) is 7.65. The van der Waals surface area contributed by atoms with E-state index in [1.807, 2.05) is 59.5 Å². The van der Waals surface area contributed by atoms with E-state index in [1.54, 1.807) is 12.4 Å².